The Kier molecular flexibility index (Phi) is 6.46. The third-order valence-corrected chi connectivity index (χ3v) is 2.48. The van der Waals surface area contributed by atoms with Gasteiger partial charge in [0.2, 0.25) is 0 Å². The largest absolute Gasteiger partial charge is 0.230 e. The summed E-state index contributed by atoms with van der Waals surface area (Å²) in [7, 11) is 0. The van der Waals surface area contributed by atoms with Gasteiger partial charge in [0, 0.05) is 0 Å². The minimum absolute atomic E-state index is 0.166. The molecule has 0 amide bonds. The molecule has 0 aromatic heterocycles. The number of hydrogen-bond donors (Lipinski definition) is 0. The van der Waals surface area contributed by atoms with Crippen molar-refractivity contribution in [3.8, 4) is 0 Å². The van der Waals surface area contributed by atoms with Crippen molar-refractivity contribution in [3.05, 3.63) is 0 Å². The van der Waals surface area contributed by atoms with E-state index < -0.39 is 0 Å². The van der Waals surface area contributed by atoms with Crippen molar-refractivity contribution < 1.29 is 9.78 Å². The predicted octanol–water partition coefficient (Wildman–Crippen LogP) is 4.48. The summed E-state index contributed by atoms with van der Waals surface area (Å²) in [5.74, 6) is 0. The minimum atomic E-state index is -0.168. The van der Waals surface area contributed by atoms with Crippen LogP contribution in [0.4, 0.5) is 0 Å². The van der Waals surface area contributed by atoms with Crippen LogP contribution in [0.1, 0.15) is 73.6 Å². The average Bonchev–Trinajstić information content (AvgIpc) is 2.12. The molecule has 0 unspecified atom stereocenters. The van der Waals surface area contributed by atoms with E-state index in [1.54, 1.807) is 0 Å². The highest BCUT2D eigenvalue weighted by molar-refractivity contribution is 4.68. The first-order chi connectivity index (χ1) is 6.83. The Morgan fingerprint density at radius 3 is 1.60 bits per heavy atom. The zero-order chi connectivity index (χ0) is 11.9. The standard InChI is InChI=1S/C13H28O2/c1-7-9-11-13(5,6)15-14-12(3,4)10-8-2/h7-11H2,1-6H3. The van der Waals surface area contributed by atoms with Crippen molar-refractivity contribution >= 4 is 0 Å². The van der Waals surface area contributed by atoms with Gasteiger partial charge in [-0.2, -0.15) is 0 Å². The van der Waals surface area contributed by atoms with E-state index >= 15 is 0 Å². The first kappa shape index (κ1) is 14.9. The molecule has 0 spiro atoms. The highest BCUT2D eigenvalue weighted by Gasteiger charge is 2.25. The van der Waals surface area contributed by atoms with Crippen LogP contribution >= 0.6 is 0 Å². The van der Waals surface area contributed by atoms with Crippen LogP contribution in [0.25, 0.3) is 0 Å². The molecule has 0 fully saturated rings. The van der Waals surface area contributed by atoms with Crippen LogP contribution in [0.15, 0.2) is 0 Å². The first-order valence-corrected chi connectivity index (χ1v) is 6.20. The van der Waals surface area contributed by atoms with Crippen LogP contribution in [0, 0.1) is 0 Å². The summed E-state index contributed by atoms with van der Waals surface area (Å²) < 4.78 is 0. The Morgan fingerprint density at radius 1 is 0.733 bits per heavy atom. The molecule has 0 aromatic carbocycles. The molecule has 0 heterocycles. The lowest BCUT2D eigenvalue weighted by Crippen LogP contribution is -2.32. The lowest BCUT2D eigenvalue weighted by molar-refractivity contribution is -0.402. The van der Waals surface area contributed by atoms with Gasteiger partial charge in [-0.25, -0.2) is 9.78 Å². The third-order valence-electron chi connectivity index (χ3n) is 2.48. The highest BCUT2D eigenvalue weighted by Crippen LogP contribution is 2.24. The van der Waals surface area contributed by atoms with Crippen LogP contribution in [0.2, 0.25) is 0 Å². The van der Waals surface area contributed by atoms with Crippen LogP contribution in [-0.2, 0) is 9.78 Å². The van der Waals surface area contributed by atoms with Crippen LogP contribution in [0.3, 0.4) is 0 Å². The fourth-order valence-corrected chi connectivity index (χ4v) is 1.51. The fraction of sp³-hybridized carbons (Fsp3) is 1.00. The van der Waals surface area contributed by atoms with Gasteiger partial charge in [0.15, 0.2) is 0 Å². The zero-order valence-electron chi connectivity index (χ0n) is 11.4. The summed E-state index contributed by atoms with van der Waals surface area (Å²) in [4.78, 5) is 11.1. The normalized spacial score (nSPS) is 13.2. The maximum absolute atomic E-state index is 5.55. The van der Waals surface area contributed by atoms with Crippen molar-refractivity contribution in [1.29, 1.82) is 0 Å². The predicted molar refractivity (Wildman–Crippen MR) is 64.8 cm³/mol. The fourth-order valence-electron chi connectivity index (χ4n) is 1.51. The summed E-state index contributed by atoms with van der Waals surface area (Å²) >= 11 is 0. The number of rotatable bonds is 8. The molecule has 0 N–H and O–H groups in total. The number of hydrogen-bond acceptors (Lipinski definition) is 2. The summed E-state index contributed by atoms with van der Waals surface area (Å²) in [5, 5.41) is 0. The molecule has 92 valence electrons. The molecule has 2 heteroatoms. The van der Waals surface area contributed by atoms with Crippen LogP contribution in [0.5, 0.6) is 0 Å². The monoisotopic (exact) mass is 216 g/mol. The Hall–Kier alpha value is -0.0800. The van der Waals surface area contributed by atoms with Gasteiger partial charge in [-0.05, 0) is 40.5 Å². The Labute approximate surface area is 95.3 Å². The maximum Gasteiger partial charge on any atom is 0.0980 e. The Bertz CT molecular complexity index is 162. The molecular formula is C13H28O2. The quantitative estimate of drug-likeness (QED) is 0.440. The average molecular weight is 216 g/mol. The van der Waals surface area contributed by atoms with Gasteiger partial charge in [0.05, 0.1) is 11.2 Å². The molecule has 2 nitrogen and oxygen atoms in total. The van der Waals surface area contributed by atoms with Crippen molar-refractivity contribution in [1.82, 2.24) is 0 Å². The summed E-state index contributed by atoms with van der Waals surface area (Å²) in [6.45, 7) is 12.7. The van der Waals surface area contributed by atoms with E-state index in [0.29, 0.717) is 0 Å². The molecule has 0 saturated heterocycles. The maximum atomic E-state index is 5.55. The highest BCUT2D eigenvalue weighted by atomic mass is 17.2. The second kappa shape index (κ2) is 6.49. The van der Waals surface area contributed by atoms with Crippen molar-refractivity contribution in [2.24, 2.45) is 0 Å². The van der Waals surface area contributed by atoms with Gasteiger partial charge >= 0.3 is 0 Å². The molecule has 0 atom stereocenters. The number of unbranched alkanes of at least 4 members (excludes halogenated alkanes) is 1. The molecule has 0 radical (unpaired) electrons. The third kappa shape index (κ3) is 7.80. The molecule has 0 aliphatic carbocycles. The van der Waals surface area contributed by atoms with Gasteiger partial charge in [-0.1, -0.05) is 33.1 Å². The van der Waals surface area contributed by atoms with Gasteiger partial charge in [-0.3, -0.25) is 0 Å². The zero-order valence-corrected chi connectivity index (χ0v) is 11.4. The van der Waals surface area contributed by atoms with E-state index in [0.717, 1.165) is 19.3 Å². The van der Waals surface area contributed by atoms with Crippen molar-refractivity contribution in [3.63, 3.8) is 0 Å². The van der Waals surface area contributed by atoms with E-state index in [4.69, 9.17) is 9.78 Å². The van der Waals surface area contributed by atoms with Crippen LogP contribution in [-0.4, -0.2) is 11.2 Å². The van der Waals surface area contributed by atoms with E-state index in [2.05, 4.69) is 41.5 Å². The molecule has 0 aromatic rings. The first-order valence-electron chi connectivity index (χ1n) is 6.20. The minimum Gasteiger partial charge on any atom is -0.230 e. The van der Waals surface area contributed by atoms with E-state index in [1.165, 1.54) is 12.8 Å². The Morgan fingerprint density at radius 2 is 1.20 bits per heavy atom. The van der Waals surface area contributed by atoms with Gasteiger partial charge in [-0.15, -0.1) is 0 Å². The van der Waals surface area contributed by atoms with Gasteiger partial charge < -0.3 is 0 Å². The molecule has 0 aliphatic heterocycles. The lowest BCUT2D eigenvalue weighted by atomic mass is 10.0. The second-order valence-corrected chi connectivity index (χ2v) is 5.54. The van der Waals surface area contributed by atoms with Gasteiger partial charge in [0.1, 0.15) is 0 Å². The van der Waals surface area contributed by atoms with E-state index in [-0.39, 0.29) is 11.2 Å². The summed E-state index contributed by atoms with van der Waals surface area (Å²) in [6, 6.07) is 0. The topological polar surface area (TPSA) is 18.5 Å². The molecule has 0 rings (SSSR count). The van der Waals surface area contributed by atoms with Crippen molar-refractivity contribution in [2.75, 3.05) is 0 Å². The smallest absolute Gasteiger partial charge is 0.0980 e. The van der Waals surface area contributed by atoms with E-state index in [9.17, 15) is 0 Å². The molecular weight excluding hydrogens is 188 g/mol. The lowest BCUT2D eigenvalue weighted by Gasteiger charge is -2.30. The SMILES string of the molecule is CCCCC(C)(C)OOC(C)(C)CCC. The van der Waals surface area contributed by atoms with Crippen molar-refractivity contribution in [2.45, 2.75) is 84.8 Å². The van der Waals surface area contributed by atoms with E-state index in [1.807, 2.05) is 0 Å². The molecule has 0 aliphatic rings. The van der Waals surface area contributed by atoms with Crippen LogP contribution < -0.4 is 0 Å². The van der Waals surface area contributed by atoms with Gasteiger partial charge in [0.25, 0.3) is 0 Å². The second-order valence-electron chi connectivity index (χ2n) is 5.54. The molecule has 0 bridgehead atoms. The Balaban J connectivity index is 3.90. The summed E-state index contributed by atoms with van der Waals surface area (Å²) in [6.07, 6.45) is 5.57. The summed E-state index contributed by atoms with van der Waals surface area (Å²) in [5.41, 5.74) is -0.334. The molecule has 15 heavy (non-hydrogen) atoms. The molecule has 0 saturated carbocycles.